The highest BCUT2D eigenvalue weighted by molar-refractivity contribution is 5.89. The van der Waals surface area contributed by atoms with Crippen LogP contribution in [0.25, 0.3) is 0 Å². The molecule has 1 aliphatic heterocycles. The summed E-state index contributed by atoms with van der Waals surface area (Å²) in [6.07, 6.45) is 1.61. The van der Waals surface area contributed by atoms with Gasteiger partial charge in [0.15, 0.2) is 6.61 Å². The maximum atomic E-state index is 13.5. The van der Waals surface area contributed by atoms with Crippen molar-refractivity contribution in [2.45, 2.75) is 12.8 Å². The van der Waals surface area contributed by atoms with Gasteiger partial charge in [-0.2, -0.15) is 0 Å². The molecule has 2 aromatic rings. The molecule has 148 valence electrons. The Bertz CT molecular complexity index is 792. The van der Waals surface area contributed by atoms with Crippen LogP contribution in [-0.2, 0) is 4.79 Å². The Hall–Kier alpha value is -3.09. The number of benzene rings is 2. The molecule has 3 amide bonds. The number of carbonyl (C=O) groups excluding carboxylic acids is 2. The molecule has 6 nitrogen and oxygen atoms in total. The molecule has 28 heavy (non-hydrogen) atoms. The first-order chi connectivity index (χ1) is 13.6. The van der Waals surface area contributed by atoms with E-state index in [1.54, 1.807) is 17.0 Å². The number of urea groups is 1. The molecular weight excluding hydrogens is 361 g/mol. The summed E-state index contributed by atoms with van der Waals surface area (Å²) in [5.41, 5.74) is 0.152. The molecule has 0 aliphatic carbocycles. The molecule has 0 aromatic heterocycles. The fraction of sp³-hybridized carbons (Fsp3) is 0.333. The second kappa shape index (κ2) is 9.73. The van der Waals surface area contributed by atoms with Crippen LogP contribution in [-0.4, -0.2) is 43.1 Å². The monoisotopic (exact) mass is 385 g/mol. The average Bonchev–Trinajstić information content (AvgIpc) is 2.73. The summed E-state index contributed by atoms with van der Waals surface area (Å²) >= 11 is 0. The number of carbonyl (C=O) groups is 2. The van der Waals surface area contributed by atoms with Gasteiger partial charge < -0.3 is 20.3 Å². The van der Waals surface area contributed by atoms with Gasteiger partial charge in [0.2, 0.25) is 0 Å². The second-order valence-corrected chi connectivity index (χ2v) is 6.74. The van der Waals surface area contributed by atoms with Crippen molar-refractivity contribution in [3.05, 3.63) is 60.4 Å². The SMILES string of the molecule is O=C(NCC1CCN(C(=O)COc2ccccc2)CC1)Nc1ccccc1F. The molecule has 2 aromatic carbocycles. The number of amides is 3. The van der Waals surface area contributed by atoms with Crippen LogP contribution in [0.4, 0.5) is 14.9 Å². The van der Waals surface area contributed by atoms with Crippen molar-refractivity contribution < 1.29 is 18.7 Å². The van der Waals surface area contributed by atoms with Gasteiger partial charge >= 0.3 is 6.03 Å². The van der Waals surface area contributed by atoms with Gasteiger partial charge in [0, 0.05) is 19.6 Å². The normalized spacial score (nSPS) is 14.4. The molecule has 0 unspecified atom stereocenters. The number of hydrogen-bond donors (Lipinski definition) is 2. The molecule has 0 radical (unpaired) electrons. The zero-order valence-corrected chi connectivity index (χ0v) is 15.6. The van der Waals surface area contributed by atoms with Crippen LogP contribution in [0.15, 0.2) is 54.6 Å². The van der Waals surface area contributed by atoms with E-state index in [0.29, 0.717) is 25.4 Å². The van der Waals surface area contributed by atoms with Crippen molar-refractivity contribution in [1.82, 2.24) is 10.2 Å². The predicted octanol–water partition coefficient (Wildman–Crippen LogP) is 3.26. The highest BCUT2D eigenvalue weighted by atomic mass is 19.1. The number of anilines is 1. The number of nitrogens with one attached hydrogen (secondary N) is 2. The van der Waals surface area contributed by atoms with Crippen molar-refractivity contribution in [2.24, 2.45) is 5.92 Å². The molecule has 0 bridgehead atoms. The van der Waals surface area contributed by atoms with Gasteiger partial charge in [-0.25, -0.2) is 9.18 Å². The molecule has 1 fully saturated rings. The summed E-state index contributed by atoms with van der Waals surface area (Å²) in [5.74, 6) is 0.455. The summed E-state index contributed by atoms with van der Waals surface area (Å²) in [6, 6.07) is 14.9. The lowest BCUT2D eigenvalue weighted by Gasteiger charge is -2.32. The number of para-hydroxylation sites is 2. The molecule has 0 atom stereocenters. The number of piperidine rings is 1. The summed E-state index contributed by atoms with van der Waals surface area (Å²) < 4.78 is 19.1. The Morgan fingerprint density at radius 2 is 1.71 bits per heavy atom. The molecule has 7 heteroatoms. The third-order valence-corrected chi connectivity index (χ3v) is 4.75. The summed E-state index contributed by atoms with van der Waals surface area (Å²) in [5, 5.41) is 5.28. The van der Waals surface area contributed by atoms with Crippen LogP contribution in [0.3, 0.4) is 0 Å². The second-order valence-electron chi connectivity index (χ2n) is 6.74. The fourth-order valence-corrected chi connectivity index (χ4v) is 3.11. The lowest BCUT2D eigenvalue weighted by molar-refractivity contribution is -0.134. The van der Waals surface area contributed by atoms with Gasteiger partial charge in [-0.3, -0.25) is 4.79 Å². The maximum absolute atomic E-state index is 13.5. The van der Waals surface area contributed by atoms with Crippen LogP contribution in [0.5, 0.6) is 5.75 Å². The van der Waals surface area contributed by atoms with Crippen molar-refractivity contribution in [1.29, 1.82) is 0 Å². The first-order valence-corrected chi connectivity index (χ1v) is 9.37. The van der Waals surface area contributed by atoms with E-state index in [9.17, 15) is 14.0 Å². The molecule has 1 aliphatic rings. The zero-order chi connectivity index (χ0) is 19.8. The Balaban J connectivity index is 1.35. The van der Waals surface area contributed by atoms with Crippen LogP contribution >= 0.6 is 0 Å². The summed E-state index contributed by atoms with van der Waals surface area (Å²) in [6.45, 7) is 1.79. The van der Waals surface area contributed by atoms with Crippen LogP contribution in [0.1, 0.15) is 12.8 Å². The maximum Gasteiger partial charge on any atom is 0.319 e. The van der Waals surface area contributed by atoms with E-state index in [4.69, 9.17) is 4.74 Å². The van der Waals surface area contributed by atoms with Gasteiger partial charge in [0.25, 0.3) is 5.91 Å². The fourth-order valence-electron chi connectivity index (χ4n) is 3.11. The van der Waals surface area contributed by atoms with Crippen molar-refractivity contribution in [3.8, 4) is 5.75 Å². The van der Waals surface area contributed by atoms with E-state index in [0.717, 1.165) is 12.8 Å². The molecule has 1 saturated heterocycles. The van der Waals surface area contributed by atoms with E-state index in [-0.39, 0.29) is 24.1 Å². The number of nitrogens with zero attached hydrogens (tertiary/aromatic N) is 1. The highest BCUT2D eigenvalue weighted by Gasteiger charge is 2.23. The molecule has 2 N–H and O–H groups in total. The van der Waals surface area contributed by atoms with Gasteiger partial charge in [-0.1, -0.05) is 30.3 Å². The Kier molecular flexibility index (Phi) is 6.84. The first-order valence-electron chi connectivity index (χ1n) is 9.37. The largest absolute Gasteiger partial charge is 0.484 e. The molecular formula is C21H24FN3O3. The Morgan fingerprint density at radius 1 is 1.04 bits per heavy atom. The van der Waals surface area contributed by atoms with Crippen molar-refractivity contribution in [2.75, 3.05) is 31.6 Å². The lowest BCUT2D eigenvalue weighted by atomic mass is 9.97. The Labute approximate surface area is 163 Å². The number of rotatable bonds is 6. The predicted molar refractivity (Wildman–Crippen MR) is 105 cm³/mol. The quantitative estimate of drug-likeness (QED) is 0.802. The van der Waals surface area contributed by atoms with E-state index in [1.165, 1.54) is 12.1 Å². The molecule has 0 saturated carbocycles. The van der Waals surface area contributed by atoms with Gasteiger partial charge in [0.05, 0.1) is 5.69 Å². The first kappa shape index (κ1) is 19.7. The standard InChI is InChI=1S/C21H24FN3O3/c22-18-8-4-5-9-19(18)24-21(27)23-14-16-10-12-25(13-11-16)20(26)15-28-17-6-2-1-3-7-17/h1-9,16H,10-15H2,(H2,23,24,27). The number of halogens is 1. The van der Waals surface area contributed by atoms with Gasteiger partial charge in [0.1, 0.15) is 11.6 Å². The van der Waals surface area contributed by atoms with Crippen molar-refractivity contribution in [3.63, 3.8) is 0 Å². The summed E-state index contributed by atoms with van der Waals surface area (Å²) in [4.78, 5) is 26.0. The number of ether oxygens (including phenoxy) is 1. The average molecular weight is 385 g/mol. The molecule has 1 heterocycles. The van der Waals surface area contributed by atoms with E-state index in [2.05, 4.69) is 10.6 Å². The zero-order valence-electron chi connectivity index (χ0n) is 15.6. The smallest absolute Gasteiger partial charge is 0.319 e. The van der Waals surface area contributed by atoms with Crippen LogP contribution in [0, 0.1) is 11.7 Å². The third kappa shape index (κ3) is 5.70. The minimum absolute atomic E-state index is 0.0258. The van der Waals surface area contributed by atoms with Crippen molar-refractivity contribution >= 4 is 17.6 Å². The van der Waals surface area contributed by atoms with E-state index < -0.39 is 11.8 Å². The topological polar surface area (TPSA) is 70.7 Å². The number of hydrogen-bond acceptors (Lipinski definition) is 3. The van der Waals surface area contributed by atoms with E-state index in [1.807, 2.05) is 30.3 Å². The summed E-state index contributed by atoms with van der Waals surface area (Å²) in [7, 11) is 0. The van der Waals surface area contributed by atoms with Gasteiger partial charge in [-0.05, 0) is 43.0 Å². The van der Waals surface area contributed by atoms with E-state index >= 15 is 0 Å². The molecule has 0 spiro atoms. The third-order valence-electron chi connectivity index (χ3n) is 4.75. The number of likely N-dealkylation sites (tertiary alicyclic amines) is 1. The minimum Gasteiger partial charge on any atom is -0.484 e. The lowest BCUT2D eigenvalue weighted by Crippen LogP contribution is -2.43. The van der Waals surface area contributed by atoms with Crippen LogP contribution in [0.2, 0.25) is 0 Å². The highest BCUT2D eigenvalue weighted by Crippen LogP contribution is 2.17. The van der Waals surface area contributed by atoms with Gasteiger partial charge in [-0.15, -0.1) is 0 Å². The van der Waals surface area contributed by atoms with Crippen LogP contribution < -0.4 is 15.4 Å². The minimum atomic E-state index is -0.470. The molecule has 3 rings (SSSR count). The Morgan fingerprint density at radius 3 is 2.43 bits per heavy atom.